The standard InChI is InChI=1S/C23H26BrN5S/c1-27(2)13-7-15-29-22(21(26-23(29)30)19-10-3-4-12-25-19)20-11-6-14-28(20)18-9-5-8-17(24)16-18/h3-6,8-12,14,16,21-22H,7,13,15H2,1-2H3,(H,26,30)/t21-,22+/m1/s1. The lowest BCUT2D eigenvalue weighted by molar-refractivity contribution is 0.286. The molecule has 1 aromatic carbocycles. The average molecular weight is 484 g/mol. The molecule has 7 heteroatoms. The Hall–Kier alpha value is -2.22. The van der Waals surface area contributed by atoms with Crippen LogP contribution in [0.1, 0.15) is 29.9 Å². The second-order valence-electron chi connectivity index (χ2n) is 7.76. The van der Waals surface area contributed by atoms with Crippen molar-refractivity contribution in [2.75, 3.05) is 27.2 Å². The van der Waals surface area contributed by atoms with Gasteiger partial charge in [-0.15, -0.1) is 0 Å². The molecule has 0 saturated carbocycles. The summed E-state index contributed by atoms with van der Waals surface area (Å²) in [6.45, 7) is 1.91. The van der Waals surface area contributed by atoms with E-state index in [-0.39, 0.29) is 12.1 Å². The number of pyridine rings is 1. The van der Waals surface area contributed by atoms with Gasteiger partial charge in [0.1, 0.15) is 0 Å². The minimum Gasteiger partial charge on any atom is -0.352 e. The fourth-order valence-electron chi connectivity index (χ4n) is 4.02. The van der Waals surface area contributed by atoms with Gasteiger partial charge in [0.15, 0.2) is 5.11 Å². The monoisotopic (exact) mass is 483 g/mol. The van der Waals surface area contributed by atoms with Gasteiger partial charge < -0.3 is 19.7 Å². The minimum absolute atomic E-state index is 0.00106. The van der Waals surface area contributed by atoms with Crippen LogP contribution >= 0.6 is 28.1 Å². The number of nitrogens with one attached hydrogen (secondary N) is 1. The van der Waals surface area contributed by atoms with Crippen LogP contribution in [0.25, 0.3) is 5.69 Å². The van der Waals surface area contributed by atoms with Gasteiger partial charge in [0, 0.05) is 34.8 Å². The Labute approximate surface area is 191 Å². The molecule has 2 aromatic heterocycles. The molecular weight excluding hydrogens is 458 g/mol. The number of aromatic nitrogens is 2. The molecule has 4 rings (SSSR count). The van der Waals surface area contributed by atoms with Crippen molar-refractivity contribution >= 4 is 33.3 Å². The average Bonchev–Trinajstić information content (AvgIpc) is 3.33. The lowest BCUT2D eigenvalue weighted by Crippen LogP contribution is -2.32. The Morgan fingerprint density at radius 1 is 1.13 bits per heavy atom. The van der Waals surface area contributed by atoms with Gasteiger partial charge in [0.2, 0.25) is 0 Å². The van der Waals surface area contributed by atoms with Gasteiger partial charge >= 0.3 is 0 Å². The first-order valence-corrected chi connectivity index (χ1v) is 11.3. The number of benzene rings is 1. The molecule has 0 bridgehead atoms. The first-order chi connectivity index (χ1) is 14.5. The van der Waals surface area contributed by atoms with E-state index < -0.39 is 0 Å². The lowest BCUT2D eigenvalue weighted by atomic mass is 10.0. The number of rotatable bonds is 7. The van der Waals surface area contributed by atoms with Gasteiger partial charge in [-0.3, -0.25) is 4.98 Å². The third kappa shape index (κ3) is 4.43. The zero-order chi connectivity index (χ0) is 21.1. The van der Waals surface area contributed by atoms with E-state index in [4.69, 9.17) is 12.2 Å². The highest BCUT2D eigenvalue weighted by Crippen LogP contribution is 2.39. The quantitative estimate of drug-likeness (QED) is 0.498. The molecule has 0 amide bonds. The van der Waals surface area contributed by atoms with Crippen LogP contribution in [0.5, 0.6) is 0 Å². The van der Waals surface area contributed by atoms with Gasteiger partial charge in [-0.05, 0) is 81.7 Å². The van der Waals surface area contributed by atoms with Gasteiger partial charge in [-0.1, -0.05) is 28.1 Å². The predicted molar refractivity (Wildman–Crippen MR) is 129 cm³/mol. The summed E-state index contributed by atoms with van der Waals surface area (Å²) in [5, 5.41) is 4.33. The summed E-state index contributed by atoms with van der Waals surface area (Å²) in [7, 11) is 4.21. The fraction of sp³-hybridized carbons (Fsp3) is 0.304. The van der Waals surface area contributed by atoms with Gasteiger partial charge in [0.05, 0.1) is 17.8 Å². The number of halogens is 1. The van der Waals surface area contributed by atoms with Crippen molar-refractivity contribution < 1.29 is 0 Å². The summed E-state index contributed by atoms with van der Waals surface area (Å²) in [4.78, 5) is 9.17. The number of thiocarbonyl (C=S) groups is 1. The zero-order valence-corrected chi connectivity index (χ0v) is 19.6. The molecule has 5 nitrogen and oxygen atoms in total. The second-order valence-corrected chi connectivity index (χ2v) is 9.06. The van der Waals surface area contributed by atoms with Crippen molar-refractivity contribution in [1.82, 2.24) is 24.7 Å². The maximum atomic E-state index is 5.79. The van der Waals surface area contributed by atoms with Gasteiger partial charge in [-0.25, -0.2) is 0 Å². The highest BCUT2D eigenvalue weighted by Gasteiger charge is 2.40. The van der Waals surface area contributed by atoms with Crippen molar-refractivity contribution in [1.29, 1.82) is 0 Å². The molecule has 0 aliphatic carbocycles. The van der Waals surface area contributed by atoms with Crippen LogP contribution in [-0.4, -0.2) is 51.6 Å². The highest BCUT2D eigenvalue weighted by molar-refractivity contribution is 9.10. The van der Waals surface area contributed by atoms with E-state index in [9.17, 15) is 0 Å². The third-order valence-corrected chi connectivity index (χ3v) is 6.22. The summed E-state index contributed by atoms with van der Waals surface area (Å²) in [6, 6.07) is 18.8. The van der Waals surface area contributed by atoms with E-state index in [1.807, 2.05) is 24.4 Å². The molecule has 156 valence electrons. The lowest BCUT2D eigenvalue weighted by Gasteiger charge is -2.29. The maximum Gasteiger partial charge on any atom is 0.170 e. The molecule has 3 heterocycles. The van der Waals surface area contributed by atoms with Crippen LogP contribution in [0, 0.1) is 0 Å². The summed E-state index contributed by atoms with van der Waals surface area (Å²) in [6.07, 6.45) is 5.00. The zero-order valence-electron chi connectivity index (χ0n) is 17.2. The van der Waals surface area contributed by atoms with E-state index >= 15 is 0 Å². The molecular formula is C23H26BrN5S. The molecule has 3 aromatic rings. The smallest absolute Gasteiger partial charge is 0.170 e. The van der Waals surface area contributed by atoms with Crippen molar-refractivity contribution in [2.24, 2.45) is 0 Å². The van der Waals surface area contributed by atoms with Crippen LogP contribution in [0.2, 0.25) is 0 Å². The van der Waals surface area contributed by atoms with Crippen LogP contribution in [0.3, 0.4) is 0 Å². The Morgan fingerprint density at radius 3 is 2.73 bits per heavy atom. The molecule has 2 atom stereocenters. The summed E-state index contributed by atoms with van der Waals surface area (Å²) in [5.41, 5.74) is 3.32. The highest BCUT2D eigenvalue weighted by atomic mass is 79.9. The third-order valence-electron chi connectivity index (χ3n) is 5.37. The molecule has 30 heavy (non-hydrogen) atoms. The Kier molecular flexibility index (Phi) is 6.51. The Bertz CT molecular complexity index is 1000. The van der Waals surface area contributed by atoms with Crippen LogP contribution in [0.15, 0.2) is 71.5 Å². The largest absolute Gasteiger partial charge is 0.352 e. The van der Waals surface area contributed by atoms with Crippen LogP contribution < -0.4 is 5.32 Å². The Morgan fingerprint density at radius 2 is 2.00 bits per heavy atom. The van der Waals surface area contributed by atoms with Crippen LogP contribution in [0.4, 0.5) is 0 Å². The molecule has 0 radical (unpaired) electrons. The van der Waals surface area contributed by atoms with Gasteiger partial charge in [-0.2, -0.15) is 0 Å². The fourth-order valence-corrected chi connectivity index (χ4v) is 4.74. The minimum atomic E-state index is -0.00106. The molecule has 1 aliphatic heterocycles. The SMILES string of the molecule is CN(C)CCCN1C(=S)N[C@H](c2ccccn2)[C@@H]1c1cccn1-c1cccc(Br)c1. The van der Waals surface area contributed by atoms with Crippen molar-refractivity contribution in [3.8, 4) is 5.69 Å². The summed E-state index contributed by atoms with van der Waals surface area (Å²) < 4.78 is 3.31. The van der Waals surface area contributed by atoms with Crippen molar-refractivity contribution in [3.05, 3.63) is 82.9 Å². The van der Waals surface area contributed by atoms with E-state index in [1.165, 1.54) is 5.69 Å². The summed E-state index contributed by atoms with van der Waals surface area (Å²) >= 11 is 9.39. The first-order valence-electron chi connectivity index (χ1n) is 10.1. The van der Waals surface area contributed by atoms with E-state index in [1.54, 1.807) is 0 Å². The molecule has 1 N–H and O–H groups in total. The second kappa shape index (κ2) is 9.29. The first kappa shape index (κ1) is 21.0. The predicted octanol–water partition coefficient (Wildman–Crippen LogP) is 4.56. The van der Waals surface area contributed by atoms with E-state index in [2.05, 4.69) is 97.3 Å². The normalized spacial score (nSPS) is 18.8. The summed E-state index contributed by atoms with van der Waals surface area (Å²) in [5.74, 6) is 0. The van der Waals surface area contributed by atoms with E-state index in [0.717, 1.165) is 40.5 Å². The van der Waals surface area contributed by atoms with Crippen molar-refractivity contribution in [3.63, 3.8) is 0 Å². The molecule has 1 saturated heterocycles. The molecule has 0 unspecified atom stereocenters. The van der Waals surface area contributed by atoms with Crippen molar-refractivity contribution in [2.45, 2.75) is 18.5 Å². The number of hydrogen-bond donors (Lipinski definition) is 1. The van der Waals surface area contributed by atoms with Gasteiger partial charge in [0.25, 0.3) is 0 Å². The maximum absolute atomic E-state index is 5.79. The Balaban J connectivity index is 1.74. The molecule has 0 spiro atoms. The topological polar surface area (TPSA) is 36.3 Å². The molecule has 1 fully saturated rings. The number of hydrogen-bond acceptors (Lipinski definition) is 3. The van der Waals surface area contributed by atoms with E-state index in [0.29, 0.717) is 0 Å². The van der Waals surface area contributed by atoms with Crippen LogP contribution in [-0.2, 0) is 0 Å². The molecule has 1 aliphatic rings. The number of nitrogens with zero attached hydrogens (tertiary/aromatic N) is 4.